The molecule has 12 amide bonds. The van der Waals surface area contributed by atoms with Gasteiger partial charge in [0, 0.05) is 100 Å². The van der Waals surface area contributed by atoms with Crippen molar-refractivity contribution in [1.82, 2.24) is 103 Å². The van der Waals surface area contributed by atoms with Crippen LogP contribution in [-0.4, -0.2) is 266 Å². The number of carboxylic acid groups (broad SMARTS) is 4. The van der Waals surface area contributed by atoms with Crippen LogP contribution in [0.2, 0.25) is 0 Å². The number of unbranched alkanes of at least 4 members (excludes halogenated alkanes) is 1. The van der Waals surface area contributed by atoms with E-state index in [1.165, 1.54) is 44.1 Å². The average Bonchev–Trinajstić information content (AvgIpc) is 1.61. The number of aromatic nitrogens is 10. The second-order valence-electron chi connectivity index (χ2n) is 31.9. The third kappa shape index (κ3) is 29.9. The van der Waals surface area contributed by atoms with Crippen molar-refractivity contribution in [3.63, 3.8) is 0 Å². The van der Waals surface area contributed by atoms with Gasteiger partial charge in [-0.15, -0.1) is 0 Å². The molecule has 3 aliphatic heterocycles. The summed E-state index contributed by atoms with van der Waals surface area (Å²) in [5, 5.41) is 74.3. The molecular formula is C80H114N24O21S4. The Labute approximate surface area is 756 Å². The lowest BCUT2D eigenvalue weighted by molar-refractivity contribution is -0.144. The molecule has 4 aromatic heterocycles. The fourth-order valence-electron chi connectivity index (χ4n) is 13.7. The summed E-state index contributed by atoms with van der Waals surface area (Å²) in [6, 6.07) is -17.9. The number of hydrogen-bond donors (Lipinski definition) is 22. The van der Waals surface area contributed by atoms with Gasteiger partial charge in [-0.25, -0.2) is 39.7 Å². The number of aliphatic carboxylic acids is 4. The van der Waals surface area contributed by atoms with Gasteiger partial charge < -0.3 is 117 Å². The lowest BCUT2D eigenvalue weighted by atomic mass is 10.0. The molecule has 0 spiro atoms. The van der Waals surface area contributed by atoms with Crippen molar-refractivity contribution >= 4 is 183 Å². The first-order valence-electron chi connectivity index (χ1n) is 41.6. The first kappa shape index (κ1) is 104. The fourth-order valence-corrected chi connectivity index (χ4v) is 18.8. The highest BCUT2D eigenvalue weighted by molar-refractivity contribution is 8.77. The van der Waals surface area contributed by atoms with E-state index >= 15 is 19.2 Å². The lowest BCUT2D eigenvalue weighted by Gasteiger charge is -2.29. The predicted molar refractivity (Wildman–Crippen MR) is 478 cm³/mol. The summed E-state index contributed by atoms with van der Waals surface area (Å²) in [6.45, 7) is 19.2. The first-order chi connectivity index (χ1) is 60.8. The van der Waals surface area contributed by atoms with Gasteiger partial charge in [0.05, 0.1) is 24.2 Å². The number of aryl methyl sites for hydroxylation is 3. The highest BCUT2D eigenvalue weighted by Gasteiger charge is 2.40. The quantitative estimate of drug-likeness (QED) is 0.0206. The molecule has 7 heterocycles. The minimum atomic E-state index is -1.93. The summed E-state index contributed by atoms with van der Waals surface area (Å²) in [4.78, 5) is 263. The van der Waals surface area contributed by atoms with E-state index in [0.29, 0.717) is 51.0 Å². The van der Waals surface area contributed by atoms with E-state index in [-0.39, 0.29) is 115 Å². The molecule has 9 bridgehead atoms. The van der Waals surface area contributed by atoms with Gasteiger partial charge >= 0.3 is 23.9 Å². The van der Waals surface area contributed by atoms with Gasteiger partial charge in [-0.2, -0.15) is 0 Å². The smallest absolute Gasteiger partial charge is 0.326 e. The van der Waals surface area contributed by atoms with E-state index < -0.39 is 228 Å². The van der Waals surface area contributed by atoms with Crippen LogP contribution >= 0.6 is 43.2 Å². The number of carbonyl (C=O) groups excluding carboxylic acids is 12. The van der Waals surface area contributed by atoms with Crippen molar-refractivity contribution in [3.8, 4) is 0 Å². The fraction of sp³-hybridized carbons (Fsp3) is 0.562. The highest BCUT2D eigenvalue weighted by Crippen LogP contribution is 2.44. The van der Waals surface area contributed by atoms with Crippen LogP contribution in [0.15, 0.2) is 12.5 Å². The number of nitrogens with zero attached hydrogens (tertiary/aromatic N) is 7. The number of imidazole rings is 1. The minimum absolute atomic E-state index is 0.0549. The zero-order chi connectivity index (χ0) is 95.7. The van der Waals surface area contributed by atoms with Crippen LogP contribution in [0.25, 0.3) is 44.9 Å². The van der Waals surface area contributed by atoms with Crippen LogP contribution in [0.5, 0.6) is 0 Å². The van der Waals surface area contributed by atoms with Gasteiger partial charge in [-0.05, 0) is 136 Å². The highest BCUT2D eigenvalue weighted by atomic mass is 33.1. The van der Waals surface area contributed by atoms with Gasteiger partial charge in [-0.3, -0.25) is 71.9 Å². The number of carboxylic acids is 4. The number of amides is 12. The number of nitrogens with two attached hydrogens (primary N) is 4. The van der Waals surface area contributed by atoms with E-state index in [1.54, 1.807) is 55.4 Å². The van der Waals surface area contributed by atoms with E-state index in [0.717, 1.165) is 39.3 Å². The number of allylic oxidation sites excluding steroid dienone is 3. The standard InChI is InChI=1S/C80H114N24O21S4/c1-32(2)59(84)77(121)90-47(19-22-53(83)107)72(116)89-45(15-13-14-26-81)71(115)93-50-29-126-128-41(12)58-37(8)65-102-68(58)100-63-35(6)44(17-24-55(110)111)67(99-63)104-66-43(16-23-54(108)109)34(5)62(98-66)97-64-36(7)57(69(101-64)103-65)40(11)129-127-30-51(94-73(117)46(18-21-52(82)106)88-70(114)38(9)87-75(50)119)76(120)92-49(27-42-28-85-31-86-42)74(118)96-61(39(10)105)79(123)95-60(33(3)4)78(122)91-48(80(124)125)20-25-56(112)113/h28,31-33,38-41,45-51,59-61,105H,13-27,29-30,81,84H2,1-12H3,(H2,82,106)(H2,83,107)(H,85,86)(H,87,119)(H,88,114)(H,89,116)(H,90,121)(H,91,122)(H,92,120)(H,93,115)(H,94,117)(H,95,123)(H,96,118)(H,108,109)(H,110,111)(H,112,113)(H,124,125)(H2,97,98,99,100,101,102,103,104). The Kier molecular flexibility index (Phi) is 39.4. The van der Waals surface area contributed by atoms with Gasteiger partial charge in [0.2, 0.25) is 70.9 Å². The van der Waals surface area contributed by atoms with Crippen molar-refractivity contribution in [2.45, 2.75) is 256 Å². The number of fused-ring (bicyclic) bond motifs is 7. The molecule has 704 valence electrons. The number of aliphatic hydroxyl groups excluding tert-OH is 1. The molecular weight excluding hydrogens is 1760 g/mol. The molecule has 0 saturated carbocycles. The van der Waals surface area contributed by atoms with Crippen molar-refractivity contribution in [2.75, 3.05) is 18.1 Å². The number of rotatable bonds is 39. The van der Waals surface area contributed by atoms with Gasteiger partial charge in [-0.1, -0.05) is 70.9 Å². The normalized spacial score (nSPS) is 19.1. The number of hydrogen-bond acceptors (Lipinski definition) is 30. The molecule has 26 N–H and O–H groups in total. The molecule has 14 atom stereocenters. The van der Waals surface area contributed by atoms with E-state index in [2.05, 4.69) is 73.1 Å². The molecule has 14 unspecified atom stereocenters. The summed E-state index contributed by atoms with van der Waals surface area (Å²) in [6.07, 6.45) is -3.03. The second kappa shape index (κ2) is 48.7. The predicted octanol–water partition coefficient (Wildman–Crippen LogP) is -0.0559. The molecule has 7 rings (SSSR count). The third-order valence-corrected chi connectivity index (χ3v) is 26.8. The van der Waals surface area contributed by atoms with Crippen LogP contribution in [0.1, 0.15) is 203 Å². The Bertz CT molecular complexity index is 5100. The SMILES string of the molecule is CC1=C(CCC(=O)O)c2nc1nc1[nH]c3nc4nc(nc5[nH]c(n2)c(CCC(=O)O)c5C)C(=C4C)C(C)SSCC(NC(=O)C(CCCCN)NC(=O)C(CCC(N)=O)NC(=O)C(N)C(C)C)C(=O)NC(C)C(=O)NC(CCC(N)=O)C(=O)NC(C(=O)NC(Cc2c[nH]cn2)C(=O)NC(C(=O)NC(C(=O)NC(CCC(=O)O)C(=O)O)C(C)C)C(C)O)CSSC(C)c3c1C. The topological polar surface area (TPSA) is 736 Å². The summed E-state index contributed by atoms with van der Waals surface area (Å²) in [7, 11) is 4.38. The van der Waals surface area contributed by atoms with Crippen LogP contribution < -0.4 is 76.1 Å². The molecule has 0 aromatic carbocycles. The molecule has 45 nitrogen and oxygen atoms in total. The molecule has 3 aliphatic rings. The van der Waals surface area contributed by atoms with Crippen LogP contribution in [-0.2, 0) is 89.6 Å². The maximum Gasteiger partial charge on any atom is 0.326 e. The number of aliphatic hydroxyl groups is 1. The van der Waals surface area contributed by atoms with Gasteiger partial charge in [0.1, 0.15) is 83.0 Å². The summed E-state index contributed by atoms with van der Waals surface area (Å²) in [5.74, 6) is -19.0. The van der Waals surface area contributed by atoms with Crippen molar-refractivity contribution in [1.29, 1.82) is 0 Å². The number of aromatic amines is 3. The van der Waals surface area contributed by atoms with Crippen molar-refractivity contribution < 1.29 is 102 Å². The lowest BCUT2D eigenvalue weighted by Crippen LogP contribution is -2.62. The molecule has 0 radical (unpaired) electrons. The summed E-state index contributed by atoms with van der Waals surface area (Å²) >= 11 is 0. The Balaban J connectivity index is 1.41. The molecule has 0 fully saturated rings. The first-order valence-corrected chi connectivity index (χ1v) is 46.4. The van der Waals surface area contributed by atoms with Gasteiger partial charge in [0.15, 0.2) is 23.3 Å². The Morgan fingerprint density at radius 2 is 1.09 bits per heavy atom. The van der Waals surface area contributed by atoms with Gasteiger partial charge in [0.25, 0.3) is 0 Å². The zero-order valence-corrected chi connectivity index (χ0v) is 76.5. The Morgan fingerprint density at radius 1 is 0.535 bits per heavy atom. The largest absolute Gasteiger partial charge is 0.481 e. The van der Waals surface area contributed by atoms with E-state index in [4.69, 9.17) is 52.8 Å². The zero-order valence-electron chi connectivity index (χ0n) is 73.3. The third-order valence-electron chi connectivity index (χ3n) is 21.2. The number of primary amides is 2. The molecule has 49 heteroatoms. The number of carbonyl (C=O) groups is 16. The van der Waals surface area contributed by atoms with Crippen LogP contribution in [0.3, 0.4) is 0 Å². The van der Waals surface area contributed by atoms with Crippen molar-refractivity contribution in [3.05, 3.63) is 63.8 Å². The maximum absolute atomic E-state index is 15.5. The summed E-state index contributed by atoms with van der Waals surface area (Å²) in [5.41, 5.74) is 27.6. The van der Waals surface area contributed by atoms with Crippen molar-refractivity contribution in [2.24, 2.45) is 34.8 Å². The number of nitrogens with one attached hydrogen (secondary N) is 13. The monoisotopic (exact) mass is 1870 g/mol. The van der Waals surface area contributed by atoms with Crippen LogP contribution in [0.4, 0.5) is 0 Å². The minimum Gasteiger partial charge on any atom is -0.481 e. The number of H-pyrrole nitrogens is 3. The molecule has 4 aromatic rings. The Hall–Kier alpha value is -11.7. The summed E-state index contributed by atoms with van der Waals surface area (Å²) < 4.78 is 0. The van der Waals surface area contributed by atoms with Crippen LogP contribution in [0, 0.1) is 25.7 Å². The molecule has 0 saturated heterocycles. The average molecular weight is 1880 g/mol. The second-order valence-corrected chi connectivity index (χ2v) is 37.4. The molecule has 129 heavy (non-hydrogen) atoms. The van der Waals surface area contributed by atoms with E-state index in [9.17, 15) is 83.1 Å². The maximum atomic E-state index is 15.5. The molecule has 0 aliphatic carbocycles. The Morgan fingerprint density at radius 3 is 1.71 bits per heavy atom. The van der Waals surface area contributed by atoms with E-state index in [1.807, 2.05) is 0 Å².